The van der Waals surface area contributed by atoms with Gasteiger partial charge in [0, 0.05) is 18.5 Å². The molecule has 142 valence electrons. The molecule has 0 unspecified atom stereocenters. The van der Waals surface area contributed by atoms with Crippen LogP contribution in [0.15, 0.2) is 54.6 Å². The molecule has 0 saturated carbocycles. The van der Waals surface area contributed by atoms with Crippen molar-refractivity contribution in [1.29, 1.82) is 0 Å². The van der Waals surface area contributed by atoms with E-state index in [9.17, 15) is 9.59 Å². The van der Waals surface area contributed by atoms with Crippen molar-refractivity contribution in [3.8, 4) is 5.75 Å². The van der Waals surface area contributed by atoms with Gasteiger partial charge in [0.05, 0.1) is 20.1 Å². The number of hydrogen-bond donors (Lipinski definition) is 2. The number of rotatable bonds is 8. The maximum absolute atomic E-state index is 11.9. The Balaban J connectivity index is 1.62. The lowest BCUT2D eigenvalue weighted by atomic mass is 10.2. The highest BCUT2D eigenvalue weighted by molar-refractivity contribution is 7.80. The number of anilines is 1. The average molecular weight is 386 g/mol. The van der Waals surface area contributed by atoms with Crippen molar-refractivity contribution in [2.45, 2.75) is 19.3 Å². The molecule has 0 heterocycles. The van der Waals surface area contributed by atoms with E-state index in [0.29, 0.717) is 13.0 Å². The summed E-state index contributed by atoms with van der Waals surface area (Å²) in [6, 6.07) is 16.9. The van der Waals surface area contributed by atoms with Crippen molar-refractivity contribution in [3.63, 3.8) is 0 Å². The van der Waals surface area contributed by atoms with Crippen LogP contribution in [-0.4, -0.2) is 30.7 Å². The molecule has 0 saturated heterocycles. The fourth-order valence-corrected chi connectivity index (χ4v) is 2.47. The zero-order chi connectivity index (χ0) is 19.5. The Bertz CT molecular complexity index is 763. The highest BCUT2D eigenvalue weighted by Gasteiger charge is 2.10. The quantitative estimate of drug-likeness (QED) is 0.536. The molecule has 6 nitrogen and oxygen atoms in total. The summed E-state index contributed by atoms with van der Waals surface area (Å²) in [5.41, 5.74) is 1.82. The summed E-state index contributed by atoms with van der Waals surface area (Å²) >= 11 is 5.09. The van der Waals surface area contributed by atoms with Gasteiger partial charge in [-0.2, -0.15) is 0 Å². The molecule has 0 fully saturated rings. The third-order valence-electron chi connectivity index (χ3n) is 3.65. The molecule has 0 aliphatic rings. The van der Waals surface area contributed by atoms with Gasteiger partial charge in [-0.1, -0.05) is 30.3 Å². The number of ether oxygens (including phenoxy) is 2. The Morgan fingerprint density at radius 2 is 1.70 bits per heavy atom. The molecule has 0 aliphatic carbocycles. The van der Waals surface area contributed by atoms with E-state index in [-0.39, 0.29) is 23.9 Å². The Morgan fingerprint density at radius 3 is 2.37 bits per heavy atom. The largest absolute Gasteiger partial charge is 0.497 e. The molecule has 2 rings (SSSR count). The second-order valence-electron chi connectivity index (χ2n) is 5.69. The molecule has 0 aliphatic heterocycles. The number of carbonyl (C=O) groups excluding carboxylic acids is 2. The zero-order valence-corrected chi connectivity index (χ0v) is 15.9. The topological polar surface area (TPSA) is 76.7 Å². The monoisotopic (exact) mass is 386 g/mol. The van der Waals surface area contributed by atoms with E-state index in [0.717, 1.165) is 17.0 Å². The van der Waals surface area contributed by atoms with Gasteiger partial charge >= 0.3 is 5.97 Å². The molecule has 0 spiro atoms. The van der Waals surface area contributed by atoms with Gasteiger partial charge in [0.2, 0.25) is 5.91 Å². The van der Waals surface area contributed by atoms with Crippen LogP contribution in [0.4, 0.5) is 5.69 Å². The van der Waals surface area contributed by atoms with Crippen LogP contribution in [0.2, 0.25) is 0 Å². The van der Waals surface area contributed by atoms with Crippen molar-refractivity contribution in [3.05, 3.63) is 60.2 Å². The zero-order valence-electron chi connectivity index (χ0n) is 15.1. The van der Waals surface area contributed by atoms with Gasteiger partial charge < -0.3 is 20.1 Å². The predicted molar refractivity (Wildman–Crippen MR) is 108 cm³/mol. The van der Waals surface area contributed by atoms with Gasteiger partial charge in [-0.3, -0.25) is 9.59 Å². The summed E-state index contributed by atoms with van der Waals surface area (Å²) < 4.78 is 10.2. The molecule has 27 heavy (non-hydrogen) atoms. The molecule has 2 aromatic carbocycles. The molecule has 2 aromatic rings. The van der Waals surface area contributed by atoms with Crippen LogP contribution in [0.1, 0.15) is 18.4 Å². The summed E-state index contributed by atoms with van der Waals surface area (Å²) in [7, 11) is 1.58. The van der Waals surface area contributed by atoms with E-state index in [4.69, 9.17) is 21.7 Å². The highest BCUT2D eigenvalue weighted by atomic mass is 32.1. The van der Waals surface area contributed by atoms with E-state index in [1.165, 1.54) is 0 Å². The maximum atomic E-state index is 11.9. The summed E-state index contributed by atoms with van der Waals surface area (Å²) in [5, 5.41) is 5.60. The standard InChI is InChI=1S/C20H22N2O4S/c1-25-17-9-7-16(8-10-17)21-20(27)22-18(23)11-12-19(24)26-14-13-15-5-3-2-4-6-15/h2-10H,11-14H2,1H3,(H2,21,22,23,27). The fourth-order valence-electron chi connectivity index (χ4n) is 2.24. The summed E-state index contributed by atoms with van der Waals surface area (Å²) in [6.07, 6.45) is 0.662. The molecular formula is C20H22N2O4S. The van der Waals surface area contributed by atoms with Gasteiger partial charge in [0.15, 0.2) is 5.11 Å². The van der Waals surface area contributed by atoms with Crippen molar-refractivity contribution in [1.82, 2.24) is 5.32 Å². The number of benzene rings is 2. The molecule has 0 aromatic heterocycles. The Kier molecular flexibility index (Phi) is 8.25. The first kappa shape index (κ1) is 20.4. The number of nitrogens with one attached hydrogen (secondary N) is 2. The lowest BCUT2D eigenvalue weighted by Crippen LogP contribution is -2.34. The number of hydrogen-bond acceptors (Lipinski definition) is 5. The van der Waals surface area contributed by atoms with Gasteiger partial charge in [0.1, 0.15) is 5.75 Å². The van der Waals surface area contributed by atoms with Crippen LogP contribution in [0, 0.1) is 0 Å². The molecule has 1 amide bonds. The first-order chi connectivity index (χ1) is 13.1. The lowest BCUT2D eigenvalue weighted by Gasteiger charge is -2.10. The Hall–Kier alpha value is -2.93. The third kappa shape index (κ3) is 7.87. The molecule has 0 radical (unpaired) electrons. The second-order valence-corrected chi connectivity index (χ2v) is 6.10. The van der Waals surface area contributed by atoms with Crippen LogP contribution in [0.25, 0.3) is 0 Å². The Labute approximate surface area is 163 Å². The fraction of sp³-hybridized carbons (Fsp3) is 0.250. The van der Waals surface area contributed by atoms with E-state index in [2.05, 4.69) is 10.6 Å². The Morgan fingerprint density at radius 1 is 1.00 bits per heavy atom. The van der Waals surface area contributed by atoms with Crippen molar-refractivity contribution < 1.29 is 19.1 Å². The van der Waals surface area contributed by atoms with Crippen molar-refractivity contribution in [2.24, 2.45) is 0 Å². The maximum Gasteiger partial charge on any atom is 0.306 e. The molecule has 0 bridgehead atoms. The predicted octanol–water partition coefficient (Wildman–Crippen LogP) is 3.07. The number of methoxy groups -OCH3 is 1. The minimum atomic E-state index is -0.407. The van der Waals surface area contributed by atoms with Crippen LogP contribution in [-0.2, 0) is 20.7 Å². The van der Waals surface area contributed by atoms with E-state index in [1.54, 1.807) is 31.4 Å². The lowest BCUT2D eigenvalue weighted by molar-refractivity contribution is -0.144. The first-order valence-corrected chi connectivity index (χ1v) is 8.92. The van der Waals surface area contributed by atoms with Crippen molar-refractivity contribution in [2.75, 3.05) is 19.0 Å². The molecule has 7 heteroatoms. The minimum absolute atomic E-state index is 0.00573. The summed E-state index contributed by atoms with van der Waals surface area (Å²) in [4.78, 5) is 23.6. The van der Waals surface area contributed by atoms with Gasteiger partial charge in [-0.15, -0.1) is 0 Å². The SMILES string of the molecule is COc1ccc(NC(=S)NC(=O)CCC(=O)OCCc2ccccc2)cc1. The van der Waals surface area contributed by atoms with Crippen LogP contribution in [0.3, 0.4) is 0 Å². The van der Waals surface area contributed by atoms with Crippen LogP contribution in [0.5, 0.6) is 5.75 Å². The minimum Gasteiger partial charge on any atom is -0.497 e. The molecule has 0 atom stereocenters. The second kappa shape index (κ2) is 10.9. The number of esters is 1. The average Bonchev–Trinajstić information content (AvgIpc) is 2.68. The van der Waals surface area contributed by atoms with E-state index in [1.807, 2.05) is 30.3 Å². The third-order valence-corrected chi connectivity index (χ3v) is 3.86. The van der Waals surface area contributed by atoms with Gasteiger partial charge in [0.25, 0.3) is 0 Å². The van der Waals surface area contributed by atoms with Crippen LogP contribution < -0.4 is 15.4 Å². The smallest absolute Gasteiger partial charge is 0.306 e. The van der Waals surface area contributed by atoms with Gasteiger partial charge in [-0.05, 0) is 42.0 Å². The molecular weight excluding hydrogens is 364 g/mol. The molecule has 2 N–H and O–H groups in total. The van der Waals surface area contributed by atoms with E-state index < -0.39 is 5.97 Å². The summed E-state index contributed by atoms with van der Waals surface area (Å²) in [6.45, 7) is 0.294. The van der Waals surface area contributed by atoms with E-state index >= 15 is 0 Å². The van der Waals surface area contributed by atoms with Gasteiger partial charge in [-0.25, -0.2) is 0 Å². The normalized spacial score (nSPS) is 9.96. The summed E-state index contributed by atoms with van der Waals surface area (Å²) in [5.74, 6) is -0.0302. The van der Waals surface area contributed by atoms with Crippen LogP contribution >= 0.6 is 12.2 Å². The highest BCUT2D eigenvalue weighted by Crippen LogP contribution is 2.14. The number of thiocarbonyl (C=S) groups is 1. The number of amides is 1. The first-order valence-electron chi connectivity index (χ1n) is 8.51. The van der Waals surface area contributed by atoms with Crippen molar-refractivity contribution >= 4 is 34.9 Å². The number of carbonyl (C=O) groups is 2.